The Bertz CT molecular complexity index is 850. The van der Waals surface area contributed by atoms with Crippen LogP contribution in [0.15, 0.2) is 36.4 Å². The first-order valence-corrected chi connectivity index (χ1v) is 7.28. The molecule has 0 unspecified atom stereocenters. The second-order valence-electron chi connectivity index (χ2n) is 4.55. The fourth-order valence-electron chi connectivity index (χ4n) is 1.74. The van der Waals surface area contributed by atoms with Crippen molar-refractivity contribution in [3.05, 3.63) is 63.4 Å². The summed E-state index contributed by atoms with van der Waals surface area (Å²) in [7, 11) is 0. The molecular weight excluding hydrogens is 358 g/mol. The van der Waals surface area contributed by atoms with Crippen molar-refractivity contribution in [3.63, 3.8) is 0 Å². The van der Waals surface area contributed by atoms with Crippen molar-refractivity contribution >= 4 is 40.8 Å². The van der Waals surface area contributed by atoms with Crippen molar-refractivity contribution in [1.82, 2.24) is 0 Å². The molecule has 8 heteroatoms. The van der Waals surface area contributed by atoms with Crippen LogP contribution in [0.1, 0.15) is 15.9 Å². The predicted molar refractivity (Wildman–Crippen MR) is 86.5 cm³/mol. The summed E-state index contributed by atoms with van der Waals surface area (Å²) in [5.41, 5.74) is -0.00262. The molecule has 2 aromatic rings. The second kappa shape index (κ2) is 7.77. The van der Waals surface area contributed by atoms with Crippen molar-refractivity contribution in [2.75, 3.05) is 11.9 Å². The van der Waals surface area contributed by atoms with Crippen LogP contribution >= 0.6 is 23.2 Å². The number of amides is 1. The molecule has 1 N–H and O–H groups in total. The van der Waals surface area contributed by atoms with Gasteiger partial charge in [0.25, 0.3) is 5.91 Å². The lowest BCUT2D eigenvalue weighted by atomic mass is 10.1. The van der Waals surface area contributed by atoms with Crippen LogP contribution in [0.25, 0.3) is 0 Å². The summed E-state index contributed by atoms with van der Waals surface area (Å²) in [5, 5.41) is 11.7. The molecule has 2 aromatic carbocycles. The zero-order valence-corrected chi connectivity index (χ0v) is 13.5. The molecule has 0 heterocycles. The van der Waals surface area contributed by atoms with Gasteiger partial charge in [0, 0.05) is 5.02 Å². The van der Waals surface area contributed by atoms with Crippen molar-refractivity contribution < 1.29 is 18.7 Å². The van der Waals surface area contributed by atoms with E-state index in [2.05, 4.69) is 5.32 Å². The van der Waals surface area contributed by atoms with E-state index < -0.39 is 24.3 Å². The first-order chi connectivity index (χ1) is 11.4. The lowest BCUT2D eigenvalue weighted by molar-refractivity contribution is -0.119. The second-order valence-corrected chi connectivity index (χ2v) is 5.40. The van der Waals surface area contributed by atoms with E-state index >= 15 is 0 Å². The number of nitrogens with zero attached hydrogens (tertiary/aromatic N) is 1. The van der Waals surface area contributed by atoms with Crippen LogP contribution in [0.2, 0.25) is 10.0 Å². The molecule has 5 nitrogen and oxygen atoms in total. The van der Waals surface area contributed by atoms with E-state index in [-0.39, 0.29) is 16.1 Å². The third-order valence-electron chi connectivity index (χ3n) is 2.86. The summed E-state index contributed by atoms with van der Waals surface area (Å²) < 4.78 is 18.4. The maximum atomic E-state index is 13.7. The highest BCUT2D eigenvalue weighted by Crippen LogP contribution is 2.25. The first kappa shape index (κ1) is 17.7. The van der Waals surface area contributed by atoms with Gasteiger partial charge in [-0.3, -0.25) is 4.79 Å². The summed E-state index contributed by atoms with van der Waals surface area (Å²) in [5.74, 6) is -2.57. The molecule has 0 aromatic heterocycles. The van der Waals surface area contributed by atoms with E-state index in [1.165, 1.54) is 24.3 Å². The van der Waals surface area contributed by atoms with E-state index in [1.807, 2.05) is 0 Å². The monoisotopic (exact) mass is 366 g/mol. The normalized spacial score (nSPS) is 9.92. The quantitative estimate of drug-likeness (QED) is 0.834. The molecule has 0 aliphatic rings. The van der Waals surface area contributed by atoms with Gasteiger partial charge in [-0.2, -0.15) is 5.26 Å². The van der Waals surface area contributed by atoms with E-state index in [0.717, 1.165) is 12.1 Å². The van der Waals surface area contributed by atoms with Gasteiger partial charge in [0.15, 0.2) is 6.61 Å². The number of hydrogen-bond acceptors (Lipinski definition) is 4. The third kappa shape index (κ3) is 4.44. The van der Waals surface area contributed by atoms with Crippen LogP contribution < -0.4 is 5.32 Å². The molecule has 0 saturated carbocycles. The lowest BCUT2D eigenvalue weighted by Crippen LogP contribution is -2.21. The summed E-state index contributed by atoms with van der Waals surface area (Å²) in [4.78, 5) is 23.5. The summed E-state index contributed by atoms with van der Waals surface area (Å²) in [6.07, 6.45) is 0. The van der Waals surface area contributed by atoms with Gasteiger partial charge in [0.05, 0.1) is 27.9 Å². The van der Waals surface area contributed by atoms with E-state index in [9.17, 15) is 14.0 Å². The lowest BCUT2D eigenvalue weighted by Gasteiger charge is -2.08. The molecule has 0 bridgehead atoms. The molecule has 0 atom stereocenters. The number of anilines is 1. The molecule has 1 amide bonds. The maximum absolute atomic E-state index is 13.7. The van der Waals surface area contributed by atoms with Gasteiger partial charge in [0.2, 0.25) is 0 Å². The molecule has 0 spiro atoms. The third-order valence-corrected chi connectivity index (χ3v) is 3.41. The maximum Gasteiger partial charge on any atom is 0.341 e. The van der Waals surface area contributed by atoms with Crippen molar-refractivity contribution in [1.29, 1.82) is 5.26 Å². The summed E-state index contributed by atoms with van der Waals surface area (Å²) in [6, 6.07) is 9.50. The average Bonchev–Trinajstić information content (AvgIpc) is 2.55. The number of halogens is 3. The van der Waals surface area contributed by atoms with E-state index in [1.54, 1.807) is 6.07 Å². The van der Waals surface area contributed by atoms with Gasteiger partial charge >= 0.3 is 5.97 Å². The standard InChI is InChI=1S/C16H9Cl2FN2O3/c17-10-2-4-14(12(18)6-10)21-15(22)8-24-16(23)11-3-1-9(7-20)5-13(11)19/h1-6H,8H2,(H,21,22). The van der Waals surface area contributed by atoms with Gasteiger partial charge in [-0.25, -0.2) is 9.18 Å². The van der Waals surface area contributed by atoms with Crippen LogP contribution in [0.4, 0.5) is 10.1 Å². The van der Waals surface area contributed by atoms with Crippen molar-refractivity contribution in [2.24, 2.45) is 0 Å². The highest BCUT2D eigenvalue weighted by atomic mass is 35.5. The zero-order chi connectivity index (χ0) is 17.7. The zero-order valence-electron chi connectivity index (χ0n) is 12.0. The largest absolute Gasteiger partial charge is 0.452 e. The van der Waals surface area contributed by atoms with E-state index in [4.69, 9.17) is 33.2 Å². The molecule has 0 aliphatic heterocycles. The van der Waals surface area contributed by atoms with Crippen LogP contribution in [-0.2, 0) is 9.53 Å². The van der Waals surface area contributed by atoms with Crippen LogP contribution in [-0.4, -0.2) is 18.5 Å². The summed E-state index contributed by atoms with van der Waals surface area (Å²) >= 11 is 11.6. The fourth-order valence-corrected chi connectivity index (χ4v) is 2.19. The van der Waals surface area contributed by atoms with Crippen molar-refractivity contribution in [2.45, 2.75) is 0 Å². The Morgan fingerprint density at radius 1 is 1.21 bits per heavy atom. The molecule has 0 fully saturated rings. The number of carbonyl (C=O) groups is 2. The van der Waals surface area contributed by atoms with Gasteiger partial charge in [-0.05, 0) is 36.4 Å². The van der Waals surface area contributed by atoms with Crippen LogP contribution in [0.3, 0.4) is 0 Å². The predicted octanol–water partition coefficient (Wildman–Crippen LogP) is 3.80. The average molecular weight is 367 g/mol. The Hall–Kier alpha value is -2.62. The first-order valence-electron chi connectivity index (χ1n) is 6.52. The number of hydrogen-bond donors (Lipinski definition) is 1. The Kier molecular flexibility index (Phi) is 5.74. The Balaban J connectivity index is 1.96. The van der Waals surface area contributed by atoms with Gasteiger partial charge < -0.3 is 10.1 Å². The number of nitrogens with one attached hydrogen (secondary N) is 1. The van der Waals surface area contributed by atoms with Gasteiger partial charge in [0.1, 0.15) is 5.82 Å². The SMILES string of the molecule is N#Cc1ccc(C(=O)OCC(=O)Nc2ccc(Cl)cc2Cl)c(F)c1. The highest BCUT2D eigenvalue weighted by molar-refractivity contribution is 6.36. The number of nitriles is 1. The minimum atomic E-state index is -1.02. The molecular formula is C16H9Cl2FN2O3. The van der Waals surface area contributed by atoms with E-state index in [0.29, 0.717) is 10.7 Å². The number of ether oxygens (including phenoxy) is 1. The van der Waals surface area contributed by atoms with Gasteiger partial charge in [-0.15, -0.1) is 0 Å². The Morgan fingerprint density at radius 2 is 1.96 bits per heavy atom. The highest BCUT2D eigenvalue weighted by Gasteiger charge is 2.16. The molecule has 2 rings (SSSR count). The van der Waals surface area contributed by atoms with Crippen LogP contribution in [0, 0.1) is 17.1 Å². The minimum absolute atomic E-state index is 0.0687. The number of rotatable bonds is 4. The molecule has 24 heavy (non-hydrogen) atoms. The van der Waals surface area contributed by atoms with Crippen molar-refractivity contribution in [3.8, 4) is 6.07 Å². The Labute approximate surface area is 146 Å². The molecule has 122 valence electrons. The molecule has 0 saturated heterocycles. The molecule has 0 aliphatic carbocycles. The summed E-state index contributed by atoms with van der Waals surface area (Å²) in [6.45, 7) is -0.628. The minimum Gasteiger partial charge on any atom is -0.452 e. The smallest absolute Gasteiger partial charge is 0.341 e. The topological polar surface area (TPSA) is 79.2 Å². The van der Waals surface area contributed by atoms with Gasteiger partial charge in [-0.1, -0.05) is 23.2 Å². The van der Waals surface area contributed by atoms with Crippen LogP contribution in [0.5, 0.6) is 0 Å². The number of esters is 1. The number of carbonyl (C=O) groups excluding carboxylic acids is 2. The molecule has 0 radical (unpaired) electrons. The fraction of sp³-hybridized carbons (Fsp3) is 0.0625. The Morgan fingerprint density at radius 3 is 2.58 bits per heavy atom. The number of benzene rings is 2.